The van der Waals surface area contributed by atoms with Crippen molar-refractivity contribution in [1.82, 2.24) is 20.1 Å². The van der Waals surface area contributed by atoms with Gasteiger partial charge in [-0.15, -0.1) is 11.3 Å². The van der Waals surface area contributed by atoms with Gasteiger partial charge in [0.1, 0.15) is 0 Å². The van der Waals surface area contributed by atoms with E-state index >= 15 is 0 Å². The maximum Gasteiger partial charge on any atom is 0.355 e. The summed E-state index contributed by atoms with van der Waals surface area (Å²) in [6.07, 6.45) is 2.05. The Balaban J connectivity index is 1.68. The van der Waals surface area contributed by atoms with Crippen LogP contribution in [0.1, 0.15) is 42.7 Å². The predicted molar refractivity (Wildman–Crippen MR) is 103 cm³/mol. The number of carboxylic acid groups (broad SMARTS) is 1. The van der Waals surface area contributed by atoms with Crippen molar-refractivity contribution in [2.45, 2.75) is 27.2 Å². The fourth-order valence-electron chi connectivity index (χ4n) is 2.73. The van der Waals surface area contributed by atoms with E-state index in [-0.39, 0.29) is 11.6 Å². The van der Waals surface area contributed by atoms with Gasteiger partial charge in [0.15, 0.2) is 5.69 Å². The smallest absolute Gasteiger partial charge is 0.355 e. The van der Waals surface area contributed by atoms with Gasteiger partial charge in [0.25, 0.3) is 5.91 Å². The third-order valence-electron chi connectivity index (χ3n) is 4.24. The van der Waals surface area contributed by atoms with Gasteiger partial charge in [0.2, 0.25) is 0 Å². The highest BCUT2D eigenvalue weighted by Gasteiger charge is 2.16. The lowest BCUT2D eigenvalue weighted by molar-refractivity contribution is 0.0690. The lowest BCUT2D eigenvalue weighted by atomic mass is 10.1. The Morgan fingerprint density at radius 1 is 1.26 bits per heavy atom. The minimum absolute atomic E-state index is 0.0342. The summed E-state index contributed by atoms with van der Waals surface area (Å²) in [5.74, 6) is -1.25. The molecule has 0 unspecified atom stereocenters. The van der Waals surface area contributed by atoms with Gasteiger partial charge in [-0.1, -0.05) is 12.1 Å². The number of aromatic nitrogens is 3. The van der Waals surface area contributed by atoms with Gasteiger partial charge >= 0.3 is 5.97 Å². The summed E-state index contributed by atoms with van der Waals surface area (Å²) in [5, 5.41) is 18.3. The fourth-order valence-corrected chi connectivity index (χ4v) is 3.50. The number of hydrogen-bond acceptors (Lipinski definition) is 5. The van der Waals surface area contributed by atoms with Crippen LogP contribution in [0, 0.1) is 20.8 Å². The number of aryl methyl sites for hydroxylation is 2. The quantitative estimate of drug-likeness (QED) is 0.681. The van der Waals surface area contributed by atoms with Crippen LogP contribution < -0.4 is 5.32 Å². The molecule has 8 heteroatoms. The van der Waals surface area contributed by atoms with E-state index in [1.807, 2.05) is 39.0 Å². The minimum atomic E-state index is -1.05. The lowest BCUT2D eigenvalue weighted by Crippen LogP contribution is -2.26. The molecule has 1 aromatic carbocycles. The molecular formula is C19H20N4O3S. The van der Waals surface area contributed by atoms with Gasteiger partial charge < -0.3 is 10.4 Å². The highest BCUT2D eigenvalue weighted by Crippen LogP contribution is 2.19. The largest absolute Gasteiger partial charge is 0.476 e. The van der Waals surface area contributed by atoms with E-state index in [1.54, 1.807) is 10.9 Å². The van der Waals surface area contributed by atoms with E-state index in [4.69, 9.17) is 5.11 Å². The number of carbonyl (C=O) groups excluding carboxylic acids is 1. The molecule has 0 saturated carbocycles. The average Bonchev–Trinajstić information content (AvgIpc) is 3.24. The third kappa shape index (κ3) is 4.06. The SMILES string of the molecule is Cc1ccc(C)c(-n2ncc(C(=O)NCCc3nc(C(=O)O)cs3)c2C)c1. The third-order valence-corrected chi connectivity index (χ3v) is 5.15. The van der Waals surface area contributed by atoms with E-state index in [0.29, 0.717) is 23.5 Å². The maximum atomic E-state index is 12.5. The van der Waals surface area contributed by atoms with Crippen LogP contribution in [-0.4, -0.2) is 38.3 Å². The van der Waals surface area contributed by atoms with E-state index in [0.717, 1.165) is 22.5 Å². The molecular weight excluding hydrogens is 364 g/mol. The monoisotopic (exact) mass is 384 g/mol. The average molecular weight is 384 g/mol. The molecule has 3 aromatic rings. The Morgan fingerprint density at radius 3 is 2.74 bits per heavy atom. The maximum absolute atomic E-state index is 12.5. The second-order valence-corrected chi connectivity index (χ2v) is 7.23. The van der Waals surface area contributed by atoms with Gasteiger partial charge in [-0.3, -0.25) is 4.79 Å². The molecule has 2 heterocycles. The van der Waals surface area contributed by atoms with Crippen LogP contribution >= 0.6 is 11.3 Å². The summed E-state index contributed by atoms with van der Waals surface area (Å²) in [5.41, 5.74) is 4.48. The second kappa shape index (κ2) is 7.71. The van der Waals surface area contributed by atoms with Gasteiger partial charge in [0.05, 0.1) is 28.1 Å². The Kier molecular flexibility index (Phi) is 5.36. The Labute approximate surface area is 160 Å². The minimum Gasteiger partial charge on any atom is -0.476 e. The molecule has 27 heavy (non-hydrogen) atoms. The van der Waals surface area contributed by atoms with Crippen LogP contribution in [0.5, 0.6) is 0 Å². The van der Waals surface area contributed by atoms with Gasteiger partial charge in [-0.2, -0.15) is 5.10 Å². The number of hydrogen-bond donors (Lipinski definition) is 2. The van der Waals surface area contributed by atoms with Crippen LogP contribution in [-0.2, 0) is 6.42 Å². The summed E-state index contributed by atoms with van der Waals surface area (Å²) in [6.45, 7) is 6.27. The van der Waals surface area contributed by atoms with E-state index in [1.165, 1.54) is 16.7 Å². The standard InChI is InChI=1S/C19H20N4O3S/c1-11-4-5-12(2)16(8-11)23-13(3)14(9-21-23)18(24)20-7-6-17-22-15(10-27-17)19(25)26/h4-5,8-10H,6-7H2,1-3H3,(H,20,24)(H,25,26). The number of nitrogens with zero attached hydrogens (tertiary/aromatic N) is 3. The molecule has 0 bridgehead atoms. The number of carbonyl (C=O) groups is 2. The van der Waals surface area contributed by atoms with E-state index in [9.17, 15) is 9.59 Å². The molecule has 7 nitrogen and oxygen atoms in total. The first kappa shape index (κ1) is 18.8. The first-order valence-electron chi connectivity index (χ1n) is 8.45. The predicted octanol–water partition coefficient (Wildman–Crippen LogP) is 2.92. The molecule has 0 aliphatic rings. The van der Waals surface area contributed by atoms with Crippen LogP contribution in [0.4, 0.5) is 0 Å². The number of thiazole rings is 1. The van der Waals surface area contributed by atoms with Crippen LogP contribution in [0.3, 0.4) is 0 Å². The highest BCUT2D eigenvalue weighted by atomic mass is 32.1. The van der Waals surface area contributed by atoms with Crippen molar-refractivity contribution in [1.29, 1.82) is 0 Å². The van der Waals surface area contributed by atoms with Crippen molar-refractivity contribution in [3.63, 3.8) is 0 Å². The first-order chi connectivity index (χ1) is 12.9. The number of amides is 1. The number of benzene rings is 1. The first-order valence-corrected chi connectivity index (χ1v) is 9.33. The van der Waals surface area contributed by atoms with Crippen molar-refractivity contribution in [3.8, 4) is 5.69 Å². The molecule has 140 valence electrons. The van der Waals surface area contributed by atoms with E-state index in [2.05, 4.69) is 15.4 Å². The summed E-state index contributed by atoms with van der Waals surface area (Å²) >= 11 is 1.27. The molecule has 2 N–H and O–H groups in total. The Bertz CT molecular complexity index is 1010. The number of rotatable bonds is 6. The van der Waals surface area contributed by atoms with Crippen molar-refractivity contribution >= 4 is 23.2 Å². The van der Waals surface area contributed by atoms with Gasteiger partial charge in [-0.05, 0) is 38.0 Å². The van der Waals surface area contributed by atoms with Crippen LogP contribution in [0.2, 0.25) is 0 Å². The molecule has 0 radical (unpaired) electrons. The zero-order chi connectivity index (χ0) is 19.6. The lowest BCUT2D eigenvalue weighted by Gasteiger charge is -2.10. The zero-order valence-corrected chi connectivity index (χ0v) is 16.1. The molecule has 2 aromatic heterocycles. The Morgan fingerprint density at radius 2 is 2.04 bits per heavy atom. The summed E-state index contributed by atoms with van der Waals surface area (Å²) in [4.78, 5) is 27.3. The topological polar surface area (TPSA) is 97.1 Å². The van der Waals surface area contributed by atoms with Crippen molar-refractivity contribution in [2.24, 2.45) is 0 Å². The highest BCUT2D eigenvalue weighted by molar-refractivity contribution is 7.09. The van der Waals surface area contributed by atoms with Gasteiger partial charge in [0, 0.05) is 18.3 Å². The molecule has 0 atom stereocenters. The van der Waals surface area contributed by atoms with Gasteiger partial charge in [-0.25, -0.2) is 14.5 Å². The molecule has 3 rings (SSSR count). The normalized spacial score (nSPS) is 10.8. The van der Waals surface area contributed by atoms with E-state index < -0.39 is 5.97 Å². The summed E-state index contributed by atoms with van der Waals surface area (Å²) in [6, 6.07) is 6.12. The molecule has 0 saturated heterocycles. The summed E-state index contributed by atoms with van der Waals surface area (Å²) in [7, 11) is 0. The number of carboxylic acids is 1. The molecule has 1 amide bonds. The van der Waals surface area contributed by atoms with Crippen molar-refractivity contribution in [3.05, 3.63) is 62.9 Å². The van der Waals surface area contributed by atoms with Crippen LogP contribution in [0.15, 0.2) is 29.8 Å². The second-order valence-electron chi connectivity index (χ2n) is 6.28. The molecule has 0 aliphatic carbocycles. The zero-order valence-electron chi connectivity index (χ0n) is 15.3. The molecule has 0 aliphatic heterocycles. The molecule has 0 fully saturated rings. The number of nitrogens with one attached hydrogen (secondary N) is 1. The Hall–Kier alpha value is -3.00. The fraction of sp³-hybridized carbons (Fsp3) is 0.263. The molecule has 0 spiro atoms. The van der Waals surface area contributed by atoms with Crippen molar-refractivity contribution < 1.29 is 14.7 Å². The van der Waals surface area contributed by atoms with Crippen molar-refractivity contribution in [2.75, 3.05) is 6.54 Å². The van der Waals surface area contributed by atoms with Crippen LogP contribution in [0.25, 0.3) is 5.69 Å². The summed E-state index contributed by atoms with van der Waals surface area (Å²) < 4.78 is 1.78. The number of aromatic carboxylic acids is 1.